The molecule has 0 unspecified atom stereocenters. The van der Waals surface area contributed by atoms with E-state index >= 15 is 0 Å². The van der Waals surface area contributed by atoms with Crippen molar-refractivity contribution in [3.63, 3.8) is 0 Å². The molecule has 2 amide bonds. The molecule has 0 spiro atoms. The summed E-state index contributed by atoms with van der Waals surface area (Å²) in [6.45, 7) is 4.49. The second-order valence-corrected chi connectivity index (χ2v) is 12.7. The fraction of sp³-hybridized carbons (Fsp3) is 0.515. The molecule has 2 N–H and O–H groups in total. The van der Waals surface area contributed by atoms with Crippen LogP contribution in [0.3, 0.4) is 0 Å². The Morgan fingerprint density at radius 3 is 2.47 bits per heavy atom. The van der Waals surface area contributed by atoms with Gasteiger partial charge in [-0.25, -0.2) is 4.98 Å². The summed E-state index contributed by atoms with van der Waals surface area (Å²) in [6.07, 6.45) is 11.6. The molecule has 1 aliphatic carbocycles. The topological polar surface area (TPSA) is 95.4 Å². The molecular weight excluding hydrogens is 562 g/mol. The number of rotatable bonds is 9. The van der Waals surface area contributed by atoms with Gasteiger partial charge in [-0.1, -0.05) is 67.3 Å². The van der Waals surface area contributed by atoms with E-state index in [2.05, 4.69) is 37.7 Å². The van der Waals surface area contributed by atoms with Gasteiger partial charge in [0.05, 0.1) is 6.04 Å². The van der Waals surface area contributed by atoms with Gasteiger partial charge in [0.15, 0.2) is 0 Å². The number of carbonyl (C=O) groups excluding carboxylic acids is 2. The van der Waals surface area contributed by atoms with Crippen LogP contribution in [0.25, 0.3) is 0 Å². The molecule has 9 nitrogen and oxygen atoms in total. The maximum atomic E-state index is 14.1. The van der Waals surface area contributed by atoms with Crippen molar-refractivity contribution in [2.45, 2.75) is 82.1 Å². The van der Waals surface area contributed by atoms with Crippen LogP contribution in [0.15, 0.2) is 61.2 Å². The van der Waals surface area contributed by atoms with Crippen molar-refractivity contribution in [2.24, 2.45) is 0 Å². The first kappa shape index (κ1) is 29.8. The quantitative estimate of drug-likeness (QED) is 0.388. The smallest absolute Gasteiger partial charge is 0.245 e. The molecule has 2 aromatic carbocycles. The van der Waals surface area contributed by atoms with Crippen molar-refractivity contribution in [2.75, 3.05) is 26.2 Å². The van der Waals surface area contributed by atoms with Crippen LogP contribution in [0.1, 0.15) is 55.2 Å². The zero-order chi connectivity index (χ0) is 29.6. The molecule has 1 aromatic heterocycles. The van der Waals surface area contributed by atoms with Crippen molar-refractivity contribution >= 4 is 23.4 Å². The standard InChI is InChI=1S/C33H42ClN7O2/c34-28-10-8-25(9-11-28)20-30(38-31(42)29-21-26-6-2-3-7-27(26)22-36-29)32(43)39-16-18-40(19-17-39)33(12-4-1-5-13-33)14-15-41-24-35-23-37-41/h2-3,6-11,23-24,29-30,36H,1,4-5,12-22H2,(H,38,42)/t29-,30-/m1/s1. The highest BCUT2D eigenvalue weighted by molar-refractivity contribution is 6.30. The monoisotopic (exact) mass is 603 g/mol. The Balaban J connectivity index is 1.12. The molecule has 2 atom stereocenters. The Hall–Kier alpha value is -3.27. The Kier molecular flexibility index (Phi) is 9.40. The van der Waals surface area contributed by atoms with Gasteiger partial charge in [-0.3, -0.25) is 19.2 Å². The summed E-state index contributed by atoms with van der Waals surface area (Å²) in [5.74, 6) is -0.144. The van der Waals surface area contributed by atoms with E-state index in [0.29, 0.717) is 37.5 Å². The van der Waals surface area contributed by atoms with Crippen molar-refractivity contribution in [1.82, 2.24) is 35.2 Å². The molecule has 10 heteroatoms. The number of nitrogens with zero attached hydrogens (tertiary/aromatic N) is 5. The molecule has 3 aliphatic rings. The van der Waals surface area contributed by atoms with Crippen LogP contribution < -0.4 is 10.6 Å². The zero-order valence-electron chi connectivity index (χ0n) is 24.8. The third-order valence-corrected chi connectivity index (χ3v) is 9.94. The third kappa shape index (κ3) is 7.11. The van der Waals surface area contributed by atoms with Crippen LogP contribution in [0.2, 0.25) is 5.02 Å². The number of hydrogen-bond acceptors (Lipinski definition) is 6. The van der Waals surface area contributed by atoms with Gasteiger partial charge >= 0.3 is 0 Å². The first-order valence-electron chi connectivity index (χ1n) is 15.7. The van der Waals surface area contributed by atoms with Gasteiger partial charge in [0.1, 0.15) is 18.7 Å². The predicted octanol–water partition coefficient (Wildman–Crippen LogP) is 3.61. The Morgan fingerprint density at radius 1 is 1.00 bits per heavy atom. The van der Waals surface area contributed by atoms with E-state index in [0.717, 1.165) is 31.6 Å². The number of halogens is 1. The Bertz CT molecular complexity index is 1370. The van der Waals surface area contributed by atoms with Crippen LogP contribution in [0.4, 0.5) is 0 Å². The minimum Gasteiger partial charge on any atom is -0.343 e. The average Bonchev–Trinajstić information content (AvgIpc) is 3.58. The summed E-state index contributed by atoms with van der Waals surface area (Å²) < 4.78 is 1.93. The first-order valence-corrected chi connectivity index (χ1v) is 16.1. The van der Waals surface area contributed by atoms with Gasteiger partial charge < -0.3 is 15.5 Å². The number of benzene rings is 2. The van der Waals surface area contributed by atoms with Gasteiger partial charge in [0, 0.05) is 56.3 Å². The minimum absolute atomic E-state index is 0.0144. The molecule has 6 rings (SSSR count). The number of aryl methyl sites for hydroxylation is 1. The van der Waals surface area contributed by atoms with Crippen molar-refractivity contribution < 1.29 is 9.59 Å². The van der Waals surface area contributed by atoms with E-state index in [9.17, 15) is 9.59 Å². The summed E-state index contributed by atoms with van der Waals surface area (Å²) in [4.78, 5) is 36.3. The lowest BCUT2D eigenvalue weighted by molar-refractivity contribution is -0.139. The Morgan fingerprint density at radius 2 is 1.74 bits per heavy atom. The highest BCUT2D eigenvalue weighted by Gasteiger charge is 2.40. The molecule has 3 heterocycles. The summed E-state index contributed by atoms with van der Waals surface area (Å²) in [5, 5.41) is 11.5. The number of amides is 2. The van der Waals surface area contributed by atoms with Gasteiger partial charge in [-0.15, -0.1) is 0 Å². The number of piperazine rings is 1. The molecule has 0 bridgehead atoms. The lowest BCUT2D eigenvalue weighted by Gasteiger charge is -2.50. The lowest BCUT2D eigenvalue weighted by Crippen LogP contribution is -2.62. The Labute approximate surface area is 259 Å². The van der Waals surface area contributed by atoms with Crippen molar-refractivity contribution in [1.29, 1.82) is 0 Å². The second-order valence-electron chi connectivity index (χ2n) is 12.3. The van der Waals surface area contributed by atoms with Crippen LogP contribution in [0, 0.1) is 0 Å². The molecule has 0 radical (unpaired) electrons. The van der Waals surface area contributed by atoms with E-state index in [4.69, 9.17) is 11.6 Å². The highest BCUT2D eigenvalue weighted by Crippen LogP contribution is 2.37. The predicted molar refractivity (Wildman–Crippen MR) is 166 cm³/mol. The third-order valence-electron chi connectivity index (χ3n) is 9.68. The van der Waals surface area contributed by atoms with Crippen LogP contribution in [0.5, 0.6) is 0 Å². The number of hydrogen-bond donors (Lipinski definition) is 2. The molecular formula is C33H42ClN7O2. The van der Waals surface area contributed by atoms with Crippen molar-refractivity contribution in [3.05, 3.63) is 82.9 Å². The maximum Gasteiger partial charge on any atom is 0.245 e. The largest absolute Gasteiger partial charge is 0.343 e. The molecule has 1 saturated heterocycles. The zero-order valence-corrected chi connectivity index (χ0v) is 25.5. The van der Waals surface area contributed by atoms with E-state index in [1.165, 1.54) is 43.2 Å². The summed E-state index contributed by atoms with van der Waals surface area (Å²) >= 11 is 6.13. The van der Waals surface area contributed by atoms with Crippen LogP contribution in [-0.4, -0.2) is 80.2 Å². The molecule has 43 heavy (non-hydrogen) atoms. The normalized spacial score (nSPS) is 21.1. The first-order chi connectivity index (χ1) is 21.0. The lowest BCUT2D eigenvalue weighted by atomic mass is 9.77. The van der Waals surface area contributed by atoms with Crippen LogP contribution >= 0.6 is 11.6 Å². The fourth-order valence-electron chi connectivity index (χ4n) is 7.19. The number of carbonyl (C=O) groups is 2. The maximum absolute atomic E-state index is 14.1. The van der Waals surface area contributed by atoms with E-state index in [1.807, 2.05) is 46.0 Å². The summed E-state index contributed by atoms with van der Waals surface area (Å²) in [7, 11) is 0. The van der Waals surface area contributed by atoms with Gasteiger partial charge in [-0.2, -0.15) is 5.10 Å². The van der Waals surface area contributed by atoms with E-state index < -0.39 is 6.04 Å². The van der Waals surface area contributed by atoms with Crippen LogP contribution in [-0.2, 0) is 35.5 Å². The average molecular weight is 604 g/mol. The fourth-order valence-corrected chi connectivity index (χ4v) is 7.32. The van der Waals surface area contributed by atoms with Gasteiger partial charge in [0.2, 0.25) is 11.8 Å². The summed E-state index contributed by atoms with van der Waals surface area (Å²) in [6, 6.07) is 14.7. The molecule has 1 saturated carbocycles. The van der Waals surface area contributed by atoms with E-state index in [-0.39, 0.29) is 23.4 Å². The van der Waals surface area contributed by atoms with Gasteiger partial charge in [0.25, 0.3) is 0 Å². The molecule has 3 aromatic rings. The molecule has 2 fully saturated rings. The summed E-state index contributed by atoms with van der Waals surface area (Å²) in [5.41, 5.74) is 3.51. The molecule has 228 valence electrons. The number of nitrogens with one attached hydrogen (secondary N) is 2. The SMILES string of the molecule is O=C(N[C@H](Cc1ccc(Cl)cc1)C(=O)N1CCN(C2(CCn3cncn3)CCCCC2)CC1)[C@H]1Cc2ccccc2CN1. The second kappa shape index (κ2) is 13.6. The van der Waals surface area contributed by atoms with Crippen molar-refractivity contribution in [3.8, 4) is 0 Å². The molecule has 2 aliphatic heterocycles. The number of aromatic nitrogens is 3. The minimum atomic E-state index is -0.643. The van der Waals surface area contributed by atoms with Gasteiger partial charge in [-0.05, 0) is 54.5 Å². The highest BCUT2D eigenvalue weighted by atomic mass is 35.5. The number of fused-ring (bicyclic) bond motifs is 1. The van der Waals surface area contributed by atoms with E-state index in [1.54, 1.807) is 12.7 Å².